The van der Waals surface area contributed by atoms with E-state index in [1.807, 2.05) is 0 Å². The predicted octanol–water partition coefficient (Wildman–Crippen LogP) is 2.72. The molecular weight excluding hydrogens is 309 g/mol. The number of fused-ring (bicyclic) bond motifs is 1. The van der Waals surface area contributed by atoms with Gasteiger partial charge in [-0.2, -0.15) is 0 Å². The maximum Gasteiger partial charge on any atom is 0.320 e. The van der Waals surface area contributed by atoms with Crippen molar-refractivity contribution in [2.45, 2.75) is 37.8 Å². The molecule has 3 rings (SSSR count). The van der Waals surface area contributed by atoms with Gasteiger partial charge in [-0.1, -0.05) is 11.8 Å². The molecule has 0 aromatic heterocycles. The zero-order chi connectivity index (χ0) is 16.8. The first-order chi connectivity index (χ1) is 10.8. The maximum atomic E-state index is 14.4. The quantitative estimate of drug-likeness (QED) is 0.733. The summed E-state index contributed by atoms with van der Waals surface area (Å²) in [7, 11) is 0. The van der Waals surface area contributed by atoms with E-state index in [1.165, 1.54) is 0 Å². The molecule has 1 aromatic rings. The number of anilines is 1. The van der Waals surface area contributed by atoms with Crippen LogP contribution < -0.4 is 10.6 Å². The zero-order valence-electron chi connectivity index (χ0n) is 12.3. The SMILES string of the molecule is CC(F)(F)[C@@]1(C#CC2CC2)NC(=O)Nc2cc(CO)c(F)cc21. The lowest BCUT2D eigenvalue weighted by molar-refractivity contribution is -0.0465. The molecule has 0 spiro atoms. The second-order valence-corrected chi connectivity index (χ2v) is 5.91. The van der Waals surface area contributed by atoms with Gasteiger partial charge in [0.2, 0.25) is 0 Å². The maximum absolute atomic E-state index is 14.4. The van der Waals surface area contributed by atoms with E-state index in [0.29, 0.717) is 6.92 Å². The van der Waals surface area contributed by atoms with Crippen LogP contribution in [-0.4, -0.2) is 17.1 Å². The summed E-state index contributed by atoms with van der Waals surface area (Å²) in [6.07, 6.45) is 1.66. The number of amides is 2. The van der Waals surface area contributed by atoms with Gasteiger partial charge in [-0.05, 0) is 25.0 Å². The van der Waals surface area contributed by atoms with Crippen LogP contribution in [0.25, 0.3) is 0 Å². The molecule has 2 aliphatic rings. The van der Waals surface area contributed by atoms with Gasteiger partial charge < -0.3 is 15.7 Å². The molecule has 1 aliphatic carbocycles. The van der Waals surface area contributed by atoms with Gasteiger partial charge in [-0.3, -0.25) is 0 Å². The van der Waals surface area contributed by atoms with Crippen molar-refractivity contribution < 1.29 is 23.1 Å². The lowest BCUT2D eigenvalue weighted by atomic mass is 9.81. The van der Waals surface area contributed by atoms with Crippen molar-refractivity contribution in [3.05, 3.63) is 29.1 Å². The van der Waals surface area contributed by atoms with E-state index in [4.69, 9.17) is 5.11 Å². The number of carbonyl (C=O) groups excluding carboxylic acids is 1. The van der Waals surface area contributed by atoms with Gasteiger partial charge in [0.05, 0.1) is 6.61 Å². The number of hydrogen-bond donors (Lipinski definition) is 3. The van der Waals surface area contributed by atoms with Gasteiger partial charge in [0.25, 0.3) is 5.92 Å². The lowest BCUT2D eigenvalue weighted by Gasteiger charge is -2.40. The van der Waals surface area contributed by atoms with Crippen molar-refractivity contribution in [3.63, 3.8) is 0 Å². The third kappa shape index (κ3) is 2.63. The molecule has 7 heteroatoms. The monoisotopic (exact) mass is 324 g/mol. The first-order valence-electron chi connectivity index (χ1n) is 7.20. The van der Waals surface area contributed by atoms with E-state index in [-0.39, 0.29) is 22.7 Å². The Bertz CT molecular complexity index is 729. The van der Waals surface area contributed by atoms with Gasteiger partial charge >= 0.3 is 6.03 Å². The molecule has 0 saturated heterocycles. The lowest BCUT2D eigenvalue weighted by Crippen LogP contribution is -2.59. The van der Waals surface area contributed by atoms with Crippen molar-refractivity contribution in [2.75, 3.05) is 5.32 Å². The number of hydrogen-bond acceptors (Lipinski definition) is 2. The van der Waals surface area contributed by atoms with Crippen LogP contribution in [0.1, 0.15) is 30.9 Å². The Morgan fingerprint density at radius 3 is 2.70 bits per heavy atom. The van der Waals surface area contributed by atoms with Crippen LogP contribution in [0.2, 0.25) is 0 Å². The summed E-state index contributed by atoms with van der Waals surface area (Å²) in [5, 5.41) is 13.6. The highest BCUT2D eigenvalue weighted by atomic mass is 19.3. The minimum atomic E-state index is -3.44. The summed E-state index contributed by atoms with van der Waals surface area (Å²) in [6, 6.07) is 1.20. The summed E-state index contributed by atoms with van der Waals surface area (Å²) >= 11 is 0. The molecule has 4 nitrogen and oxygen atoms in total. The average Bonchev–Trinajstić information content (AvgIpc) is 3.27. The first-order valence-corrected chi connectivity index (χ1v) is 7.20. The highest BCUT2D eigenvalue weighted by molar-refractivity contribution is 5.95. The zero-order valence-corrected chi connectivity index (χ0v) is 12.3. The largest absolute Gasteiger partial charge is 0.392 e. The Morgan fingerprint density at radius 2 is 2.13 bits per heavy atom. The van der Waals surface area contributed by atoms with Crippen LogP contribution in [0.15, 0.2) is 12.1 Å². The molecule has 23 heavy (non-hydrogen) atoms. The van der Waals surface area contributed by atoms with Crippen molar-refractivity contribution in [1.82, 2.24) is 5.32 Å². The number of aliphatic hydroxyl groups is 1. The highest BCUT2D eigenvalue weighted by Gasteiger charge is 2.55. The summed E-state index contributed by atoms with van der Waals surface area (Å²) in [5.41, 5.74) is -2.52. The first kappa shape index (κ1) is 15.7. The smallest absolute Gasteiger partial charge is 0.320 e. The molecule has 1 fully saturated rings. The van der Waals surface area contributed by atoms with Crippen LogP contribution in [0.3, 0.4) is 0 Å². The van der Waals surface area contributed by atoms with E-state index < -0.39 is 29.9 Å². The Hall–Kier alpha value is -2.20. The molecule has 3 N–H and O–H groups in total. The van der Waals surface area contributed by atoms with Gasteiger partial charge in [0.15, 0.2) is 5.54 Å². The highest BCUT2D eigenvalue weighted by Crippen LogP contribution is 2.44. The molecule has 1 aliphatic heterocycles. The molecule has 0 bridgehead atoms. The van der Waals surface area contributed by atoms with Crippen LogP contribution >= 0.6 is 0 Å². The van der Waals surface area contributed by atoms with E-state index in [2.05, 4.69) is 22.5 Å². The Balaban J connectivity index is 2.23. The number of halogens is 3. The topological polar surface area (TPSA) is 61.4 Å². The van der Waals surface area contributed by atoms with Crippen molar-refractivity contribution in [3.8, 4) is 11.8 Å². The van der Waals surface area contributed by atoms with Gasteiger partial charge in [-0.15, -0.1) is 0 Å². The molecule has 1 aromatic carbocycles. The summed E-state index contributed by atoms with van der Waals surface area (Å²) in [4.78, 5) is 11.9. The molecule has 122 valence electrons. The Morgan fingerprint density at radius 1 is 1.43 bits per heavy atom. The minimum Gasteiger partial charge on any atom is -0.392 e. The third-order valence-corrected chi connectivity index (χ3v) is 4.01. The molecule has 1 atom stereocenters. The third-order valence-electron chi connectivity index (χ3n) is 4.01. The normalized spacial score (nSPS) is 23.3. The number of nitrogens with one attached hydrogen (secondary N) is 2. The van der Waals surface area contributed by atoms with Gasteiger partial charge in [0, 0.05) is 29.7 Å². The number of rotatable bonds is 2. The molecule has 2 amide bonds. The molecule has 1 saturated carbocycles. The molecular formula is C16H15F3N2O2. The van der Waals surface area contributed by atoms with Gasteiger partial charge in [0.1, 0.15) is 5.82 Å². The number of aliphatic hydroxyl groups excluding tert-OH is 1. The summed E-state index contributed by atoms with van der Waals surface area (Å²) in [5.74, 6) is 0.996. The van der Waals surface area contributed by atoms with E-state index in [9.17, 15) is 18.0 Å². The predicted molar refractivity (Wildman–Crippen MR) is 77.3 cm³/mol. The minimum absolute atomic E-state index is 0.0193. The van der Waals surface area contributed by atoms with E-state index >= 15 is 0 Å². The van der Waals surface area contributed by atoms with Gasteiger partial charge in [-0.25, -0.2) is 18.0 Å². The van der Waals surface area contributed by atoms with E-state index in [1.54, 1.807) is 0 Å². The number of alkyl halides is 2. The van der Waals surface area contributed by atoms with Crippen molar-refractivity contribution >= 4 is 11.7 Å². The molecule has 0 radical (unpaired) electrons. The number of carbonyl (C=O) groups is 1. The number of benzene rings is 1. The van der Waals surface area contributed by atoms with Crippen LogP contribution in [0.5, 0.6) is 0 Å². The standard InChI is InChI=1S/C16H15F3N2O2/c1-15(18,19)16(5-4-9-2-3-9)11-7-12(17)10(8-22)6-13(11)20-14(23)21-16/h6-7,9,22H,2-3,8H2,1H3,(H2,20,21,23)/t16-/m0/s1. The van der Waals surface area contributed by atoms with Crippen molar-refractivity contribution in [1.29, 1.82) is 0 Å². The number of urea groups is 1. The fraction of sp³-hybridized carbons (Fsp3) is 0.438. The fourth-order valence-corrected chi connectivity index (χ4v) is 2.54. The van der Waals surface area contributed by atoms with Crippen LogP contribution in [-0.2, 0) is 12.1 Å². The van der Waals surface area contributed by atoms with Crippen LogP contribution in [0, 0.1) is 23.6 Å². The second kappa shape index (κ2) is 5.17. The van der Waals surface area contributed by atoms with E-state index in [0.717, 1.165) is 25.0 Å². The van der Waals surface area contributed by atoms with Crippen molar-refractivity contribution in [2.24, 2.45) is 5.92 Å². The Labute approximate surface area is 131 Å². The average molecular weight is 324 g/mol. The van der Waals surface area contributed by atoms with Crippen LogP contribution in [0.4, 0.5) is 23.7 Å². The fourth-order valence-electron chi connectivity index (χ4n) is 2.54. The Kier molecular flexibility index (Phi) is 3.52. The second-order valence-electron chi connectivity index (χ2n) is 5.91. The summed E-state index contributed by atoms with van der Waals surface area (Å²) < 4.78 is 42.8. The molecule has 0 unspecified atom stereocenters. The summed E-state index contributed by atoms with van der Waals surface area (Å²) in [6.45, 7) is 0.0352. The molecule has 1 heterocycles.